The summed E-state index contributed by atoms with van der Waals surface area (Å²) in [5, 5.41) is 0. The van der Waals surface area contributed by atoms with Crippen LogP contribution in [0.3, 0.4) is 0 Å². The van der Waals surface area contributed by atoms with E-state index < -0.39 is 15.8 Å². The lowest BCUT2D eigenvalue weighted by molar-refractivity contribution is 0.416. The molecule has 2 aromatic carbocycles. The summed E-state index contributed by atoms with van der Waals surface area (Å²) in [7, 11) is -2.40. The number of benzene rings is 2. The SMILES string of the molecule is COc1ccc(F)cc1NS(=O)(=O)c1ccccc1C. The molecule has 106 valence electrons. The minimum Gasteiger partial charge on any atom is -0.495 e. The van der Waals surface area contributed by atoms with Gasteiger partial charge in [-0.2, -0.15) is 0 Å². The largest absolute Gasteiger partial charge is 0.495 e. The molecular formula is C14H14FNO3S. The topological polar surface area (TPSA) is 55.4 Å². The zero-order valence-electron chi connectivity index (χ0n) is 11.1. The molecule has 4 nitrogen and oxygen atoms in total. The summed E-state index contributed by atoms with van der Waals surface area (Å²) >= 11 is 0. The summed E-state index contributed by atoms with van der Waals surface area (Å²) < 4.78 is 45.2. The van der Waals surface area contributed by atoms with Gasteiger partial charge in [0.05, 0.1) is 17.7 Å². The van der Waals surface area contributed by atoms with Crippen molar-refractivity contribution in [2.24, 2.45) is 0 Å². The Bertz CT molecular complexity index is 729. The van der Waals surface area contributed by atoms with Gasteiger partial charge in [-0.1, -0.05) is 18.2 Å². The van der Waals surface area contributed by atoms with Crippen molar-refractivity contribution in [1.29, 1.82) is 0 Å². The average molecular weight is 295 g/mol. The fraction of sp³-hybridized carbons (Fsp3) is 0.143. The first-order chi connectivity index (χ1) is 9.44. The smallest absolute Gasteiger partial charge is 0.262 e. The molecule has 0 saturated carbocycles. The van der Waals surface area contributed by atoms with Crippen LogP contribution in [-0.4, -0.2) is 15.5 Å². The van der Waals surface area contributed by atoms with Crippen molar-refractivity contribution in [2.75, 3.05) is 11.8 Å². The van der Waals surface area contributed by atoms with Crippen molar-refractivity contribution in [1.82, 2.24) is 0 Å². The molecule has 2 rings (SSSR count). The van der Waals surface area contributed by atoms with Crippen LogP contribution >= 0.6 is 0 Å². The maximum Gasteiger partial charge on any atom is 0.262 e. The van der Waals surface area contributed by atoms with Crippen LogP contribution in [0.25, 0.3) is 0 Å². The van der Waals surface area contributed by atoms with Crippen LogP contribution in [0.4, 0.5) is 10.1 Å². The Balaban J connectivity index is 2.44. The number of halogens is 1. The summed E-state index contributed by atoms with van der Waals surface area (Å²) in [5.41, 5.74) is 0.672. The summed E-state index contributed by atoms with van der Waals surface area (Å²) in [6, 6.07) is 10.2. The van der Waals surface area contributed by atoms with Crippen LogP contribution in [0.2, 0.25) is 0 Å². The van der Waals surface area contributed by atoms with Crippen molar-refractivity contribution in [3.8, 4) is 5.75 Å². The van der Waals surface area contributed by atoms with E-state index >= 15 is 0 Å². The second-order valence-electron chi connectivity index (χ2n) is 4.22. The van der Waals surface area contributed by atoms with Crippen molar-refractivity contribution in [2.45, 2.75) is 11.8 Å². The van der Waals surface area contributed by atoms with Crippen LogP contribution in [-0.2, 0) is 10.0 Å². The summed E-state index contributed by atoms with van der Waals surface area (Å²) in [4.78, 5) is 0.145. The summed E-state index contributed by atoms with van der Waals surface area (Å²) in [5.74, 6) is -0.295. The van der Waals surface area contributed by atoms with E-state index in [1.54, 1.807) is 25.1 Å². The van der Waals surface area contributed by atoms with Gasteiger partial charge in [-0.3, -0.25) is 4.72 Å². The van der Waals surface area contributed by atoms with E-state index in [0.29, 0.717) is 5.56 Å². The Morgan fingerprint density at radius 2 is 1.85 bits per heavy atom. The molecule has 0 aromatic heterocycles. The number of methoxy groups -OCH3 is 1. The van der Waals surface area contributed by atoms with Gasteiger partial charge in [-0.15, -0.1) is 0 Å². The number of hydrogen-bond acceptors (Lipinski definition) is 3. The zero-order valence-corrected chi connectivity index (χ0v) is 11.9. The lowest BCUT2D eigenvalue weighted by Crippen LogP contribution is -2.15. The van der Waals surface area contributed by atoms with Crippen molar-refractivity contribution < 1.29 is 17.5 Å². The van der Waals surface area contributed by atoms with Crippen molar-refractivity contribution >= 4 is 15.7 Å². The monoisotopic (exact) mass is 295 g/mol. The number of anilines is 1. The normalized spacial score (nSPS) is 11.2. The Morgan fingerprint density at radius 3 is 2.50 bits per heavy atom. The van der Waals surface area contributed by atoms with Crippen LogP contribution in [0, 0.1) is 12.7 Å². The number of nitrogens with one attached hydrogen (secondary N) is 1. The molecule has 0 atom stereocenters. The van der Waals surface area contributed by atoms with Gasteiger partial charge in [0.2, 0.25) is 0 Å². The molecule has 0 aliphatic carbocycles. The fourth-order valence-corrected chi connectivity index (χ4v) is 3.13. The summed E-state index contributed by atoms with van der Waals surface area (Å²) in [6.45, 7) is 1.69. The third kappa shape index (κ3) is 2.91. The number of ether oxygens (including phenoxy) is 1. The molecule has 0 aliphatic heterocycles. The molecule has 0 unspecified atom stereocenters. The molecular weight excluding hydrogens is 281 g/mol. The second-order valence-corrected chi connectivity index (χ2v) is 5.87. The molecule has 2 aromatic rings. The van der Waals surface area contributed by atoms with Crippen LogP contribution in [0.1, 0.15) is 5.56 Å². The predicted molar refractivity (Wildman–Crippen MR) is 74.9 cm³/mol. The molecule has 0 amide bonds. The van der Waals surface area contributed by atoms with E-state index in [-0.39, 0.29) is 16.3 Å². The van der Waals surface area contributed by atoms with Gasteiger partial charge in [0.15, 0.2) is 0 Å². The molecule has 0 fully saturated rings. The zero-order chi connectivity index (χ0) is 14.8. The highest BCUT2D eigenvalue weighted by atomic mass is 32.2. The molecule has 0 saturated heterocycles. The van der Waals surface area contributed by atoms with Crippen LogP contribution in [0.5, 0.6) is 5.75 Å². The Hall–Kier alpha value is -2.08. The molecule has 0 bridgehead atoms. The first kappa shape index (κ1) is 14.3. The van der Waals surface area contributed by atoms with E-state index in [4.69, 9.17) is 4.74 Å². The van der Waals surface area contributed by atoms with Crippen LogP contribution < -0.4 is 9.46 Å². The van der Waals surface area contributed by atoms with E-state index in [1.807, 2.05) is 0 Å². The van der Waals surface area contributed by atoms with Gasteiger partial charge in [0.1, 0.15) is 11.6 Å². The molecule has 0 radical (unpaired) electrons. The highest BCUT2D eigenvalue weighted by Crippen LogP contribution is 2.28. The van der Waals surface area contributed by atoms with Gasteiger partial charge in [0, 0.05) is 6.07 Å². The van der Waals surface area contributed by atoms with Gasteiger partial charge in [0.25, 0.3) is 10.0 Å². The second kappa shape index (κ2) is 5.50. The van der Waals surface area contributed by atoms with E-state index in [2.05, 4.69) is 4.72 Å². The third-order valence-electron chi connectivity index (χ3n) is 2.79. The highest BCUT2D eigenvalue weighted by Gasteiger charge is 2.18. The van der Waals surface area contributed by atoms with Crippen molar-refractivity contribution in [3.63, 3.8) is 0 Å². The molecule has 1 N–H and O–H groups in total. The number of sulfonamides is 1. The van der Waals surface area contributed by atoms with E-state index in [9.17, 15) is 12.8 Å². The first-order valence-corrected chi connectivity index (χ1v) is 7.34. The minimum atomic E-state index is -3.79. The van der Waals surface area contributed by atoms with E-state index in [1.165, 1.54) is 25.3 Å². The van der Waals surface area contributed by atoms with Gasteiger partial charge < -0.3 is 4.74 Å². The van der Waals surface area contributed by atoms with E-state index in [0.717, 1.165) is 6.07 Å². The first-order valence-electron chi connectivity index (χ1n) is 5.86. The Kier molecular flexibility index (Phi) is 3.94. The Morgan fingerprint density at radius 1 is 1.15 bits per heavy atom. The molecule has 6 heteroatoms. The minimum absolute atomic E-state index is 0.0655. The van der Waals surface area contributed by atoms with Gasteiger partial charge >= 0.3 is 0 Å². The highest BCUT2D eigenvalue weighted by molar-refractivity contribution is 7.92. The maximum atomic E-state index is 13.3. The predicted octanol–water partition coefficient (Wildman–Crippen LogP) is 2.94. The average Bonchev–Trinajstić information content (AvgIpc) is 2.39. The van der Waals surface area contributed by atoms with Crippen molar-refractivity contribution in [3.05, 3.63) is 53.8 Å². The van der Waals surface area contributed by atoms with Crippen LogP contribution in [0.15, 0.2) is 47.4 Å². The fourth-order valence-electron chi connectivity index (χ4n) is 1.82. The van der Waals surface area contributed by atoms with Gasteiger partial charge in [-0.25, -0.2) is 12.8 Å². The molecule has 0 spiro atoms. The molecule has 20 heavy (non-hydrogen) atoms. The summed E-state index contributed by atoms with van der Waals surface area (Å²) in [6.07, 6.45) is 0. The number of rotatable bonds is 4. The Labute approximate surface area is 117 Å². The number of aryl methyl sites for hydroxylation is 1. The third-order valence-corrected chi connectivity index (χ3v) is 4.31. The van der Waals surface area contributed by atoms with Gasteiger partial charge in [-0.05, 0) is 30.7 Å². The lowest BCUT2D eigenvalue weighted by atomic mass is 10.2. The lowest BCUT2D eigenvalue weighted by Gasteiger charge is -2.13. The standard InChI is InChI=1S/C14H14FNO3S/c1-10-5-3-4-6-14(10)20(17,18)16-12-9-11(15)7-8-13(12)19-2/h3-9,16H,1-2H3. The maximum absolute atomic E-state index is 13.3. The molecule has 0 heterocycles. The molecule has 0 aliphatic rings. The quantitative estimate of drug-likeness (QED) is 0.943. The number of hydrogen-bond donors (Lipinski definition) is 1.